The molecule has 0 heterocycles. The van der Waals surface area contributed by atoms with Crippen molar-refractivity contribution >= 4 is 35.2 Å². The van der Waals surface area contributed by atoms with E-state index in [0.717, 1.165) is 18.4 Å². The Morgan fingerprint density at radius 3 is 2.72 bits per heavy atom. The molecule has 0 atom stereocenters. The predicted octanol–water partition coefficient (Wildman–Crippen LogP) is 5.41. The first-order valence-corrected chi connectivity index (χ1v) is 9.46. The molecule has 1 amide bonds. The molecule has 1 aliphatic carbocycles. The van der Waals surface area contributed by atoms with Crippen LogP contribution in [0.25, 0.3) is 0 Å². The molecule has 4 nitrogen and oxygen atoms in total. The van der Waals surface area contributed by atoms with Gasteiger partial charge in [0.2, 0.25) is 5.91 Å². The molecular formula is C19H20ClNO3S. The number of benzene rings is 2. The second-order valence-electron chi connectivity index (χ2n) is 6.09. The summed E-state index contributed by atoms with van der Waals surface area (Å²) in [7, 11) is 0. The second-order valence-corrected chi connectivity index (χ2v) is 7.12. The van der Waals surface area contributed by atoms with Crippen LogP contribution in [-0.4, -0.2) is 16.6 Å². The van der Waals surface area contributed by atoms with Gasteiger partial charge in [-0.25, -0.2) is 0 Å². The van der Waals surface area contributed by atoms with Crippen LogP contribution in [0.5, 0.6) is 5.75 Å². The molecule has 0 radical (unpaired) electrons. The van der Waals surface area contributed by atoms with Crippen molar-refractivity contribution in [3.05, 3.63) is 53.1 Å². The molecule has 0 aromatic heterocycles. The fourth-order valence-corrected chi connectivity index (χ4v) is 3.55. The van der Waals surface area contributed by atoms with Crippen LogP contribution in [0.4, 0.5) is 5.69 Å². The summed E-state index contributed by atoms with van der Waals surface area (Å²) >= 11 is 6.72. The molecule has 1 aliphatic rings. The van der Waals surface area contributed by atoms with Gasteiger partial charge in [-0.2, -0.15) is 0 Å². The third-order valence-electron chi connectivity index (χ3n) is 4.23. The Hall–Kier alpha value is -1.69. The van der Waals surface area contributed by atoms with Crippen molar-refractivity contribution in [2.45, 2.75) is 43.1 Å². The Morgan fingerprint density at radius 1 is 1.24 bits per heavy atom. The zero-order valence-corrected chi connectivity index (χ0v) is 15.3. The van der Waals surface area contributed by atoms with E-state index in [1.165, 1.54) is 12.8 Å². The SMILES string of the molecule is O=C(Cc1ccccc1Cl)Nc1ccc(OC2CCCC2)c(SO)c1. The quantitative estimate of drug-likeness (QED) is 0.661. The van der Waals surface area contributed by atoms with Gasteiger partial charge in [-0.3, -0.25) is 4.79 Å². The monoisotopic (exact) mass is 377 g/mol. The number of rotatable bonds is 6. The summed E-state index contributed by atoms with van der Waals surface area (Å²) in [6.07, 6.45) is 4.87. The summed E-state index contributed by atoms with van der Waals surface area (Å²) in [6.45, 7) is 0. The lowest BCUT2D eigenvalue weighted by Gasteiger charge is -2.16. The number of ether oxygens (including phenoxy) is 1. The molecule has 132 valence electrons. The molecule has 0 saturated heterocycles. The Morgan fingerprint density at radius 2 is 2.00 bits per heavy atom. The maximum Gasteiger partial charge on any atom is 0.228 e. The van der Waals surface area contributed by atoms with Crippen LogP contribution < -0.4 is 10.1 Å². The molecule has 3 rings (SSSR count). The fraction of sp³-hybridized carbons (Fsp3) is 0.316. The van der Waals surface area contributed by atoms with Gasteiger partial charge in [0.05, 0.1) is 17.4 Å². The van der Waals surface area contributed by atoms with Gasteiger partial charge < -0.3 is 14.6 Å². The number of amides is 1. The smallest absolute Gasteiger partial charge is 0.228 e. The first kappa shape index (κ1) is 18.1. The van der Waals surface area contributed by atoms with E-state index in [2.05, 4.69) is 5.32 Å². The van der Waals surface area contributed by atoms with Gasteiger partial charge in [-0.1, -0.05) is 29.8 Å². The predicted molar refractivity (Wildman–Crippen MR) is 102 cm³/mol. The molecule has 2 N–H and O–H groups in total. The minimum Gasteiger partial charge on any atom is -0.489 e. The molecule has 0 unspecified atom stereocenters. The van der Waals surface area contributed by atoms with Crippen LogP contribution >= 0.6 is 23.6 Å². The van der Waals surface area contributed by atoms with Gasteiger partial charge in [0.15, 0.2) is 0 Å². The van der Waals surface area contributed by atoms with Gasteiger partial charge in [-0.05, 0) is 55.5 Å². The zero-order valence-electron chi connectivity index (χ0n) is 13.7. The van der Waals surface area contributed by atoms with Crippen molar-refractivity contribution in [2.24, 2.45) is 0 Å². The minimum atomic E-state index is -0.161. The van der Waals surface area contributed by atoms with E-state index in [1.807, 2.05) is 18.2 Å². The van der Waals surface area contributed by atoms with E-state index in [1.54, 1.807) is 24.3 Å². The van der Waals surface area contributed by atoms with Crippen LogP contribution in [0.15, 0.2) is 47.4 Å². The summed E-state index contributed by atoms with van der Waals surface area (Å²) in [5, 5.41) is 3.41. The van der Waals surface area contributed by atoms with Crippen LogP contribution in [0, 0.1) is 0 Å². The van der Waals surface area contributed by atoms with Gasteiger partial charge in [0.25, 0.3) is 0 Å². The van der Waals surface area contributed by atoms with Crippen molar-refractivity contribution in [2.75, 3.05) is 5.32 Å². The number of hydrogen-bond donors (Lipinski definition) is 2. The molecule has 25 heavy (non-hydrogen) atoms. The van der Waals surface area contributed by atoms with Crippen molar-refractivity contribution in [3.8, 4) is 5.75 Å². The topological polar surface area (TPSA) is 58.6 Å². The molecule has 6 heteroatoms. The maximum absolute atomic E-state index is 12.2. The van der Waals surface area contributed by atoms with E-state index in [9.17, 15) is 9.35 Å². The molecule has 0 bridgehead atoms. The van der Waals surface area contributed by atoms with E-state index < -0.39 is 0 Å². The average Bonchev–Trinajstić information content (AvgIpc) is 3.11. The Bertz CT molecular complexity index is 747. The van der Waals surface area contributed by atoms with Crippen LogP contribution in [0.3, 0.4) is 0 Å². The molecule has 0 aliphatic heterocycles. The van der Waals surface area contributed by atoms with Crippen LogP contribution in [0.2, 0.25) is 5.02 Å². The molecular weight excluding hydrogens is 358 g/mol. The lowest BCUT2D eigenvalue weighted by atomic mass is 10.1. The third kappa shape index (κ3) is 4.91. The van der Waals surface area contributed by atoms with Gasteiger partial charge >= 0.3 is 0 Å². The fourth-order valence-electron chi connectivity index (χ4n) is 2.96. The number of nitrogens with one attached hydrogen (secondary N) is 1. The highest BCUT2D eigenvalue weighted by Crippen LogP contribution is 2.33. The summed E-state index contributed by atoms with van der Waals surface area (Å²) < 4.78 is 15.5. The summed E-state index contributed by atoms with van der Waals surface area (Å²) in [4.78, 5) is 12.8. The van der Waals surface area contributed by atoms with Crippen molar-refractivity contribution in [3.63, 3.8) is 0 Å². The van der Waals surface area contributed by atoms with Gasteiger partial charge in [-0.15, -0.1) is 0 Å². The lowest BCUT2D eigenvalue weighted by Crippen LogP contribution is -2.15. The molecule has 2 aromatic carbocycles. The second kappa shape index (κ2) is 8.61. The number of carbonyl (C=O) groups is 1. The third-order valence-corrected chi connectivity index (χ3v) is 5.11. The normalized spacial score (nSPS) is 14.5. The minimum absolute atomic E-state index is 0.161. The molecule has 0 spiro atoms. The first-order valence-electron chi connectivity index (χ1n) is 8.31. The highest BCUT2D eigenvalue weighted by atomic mass is 35.5. The lowest BCUT2D eigenvalue weighted by molar-refractivity contribution is -0.115. The Kier molecular flexibility index (Phi) is 6.24. The summed E-state index contributed by atoms with van der Waals surface area (Å²) in [5.41, 5.74) is 1.40. The maximum atomic E-state index is 12.2. The summed E-state index contributed by atoms with van der Waals surface area (Å²) in [6, 6.07) is 12.6. The zero-order chi connectivity index (χ0) is 17.6. The Balaban J connectivity index is 1.65. The van der Waals surface area contributed by atoms with Crippen LogP contribution in [0.1, 0.15) is 31.2 Å². The van der Waals surface area contributed by atoms with E-state index in [-0.39, 0.29) is 18.4 Å². The number of hydrogen-bond acceptors (Lipinski definition) is 4. The van der Waals surface area contributed by atoms with Crippen molar-refractivity contribution < 1.29 is 14.1 Å². The van der Waals surface area contributed by atoms with E-state index in [0.29, 0.717) is 33.4 Å². The number of halogens is 1. The molecule has 1 saturated carbocycles. The highest BCUT2D eigenvalue weighted by Gasteiger charge is 2.18. The highest BCUT2D eigenvalue weighted by molar-refractivity contribution is 7.93. The number of carbonyl (C=O) groups excluding carboxylic acids is 1. The standard InChI is InChI=1S/C19H20ClNO3S/c20-16-8-4-1-5-13(16)11-19(22)21-14-9-10-17(18(12-14)25-23)24-15-6-2-3-7-15/h1,4-5,8-10,12,15,23H,2-3,6-7,11H2,(H,21,22). The molecule has 1 fully saturated rings. The largest absolute Gasteiger partial charge is 0.489 e. The van der Waals surface area contributed by atoms with E-state index >= 15 is 0 Å². The average molecular weight is 378 g/mol. The molecule has 2 aromatic rings. The van der Waals surface area contributed by atoms with Crippen LogP contribution in [-0.2, 0) is 11.2 Å². The number of anilines is 1. The van der Waals surface area contributed by atoms with Crippen molar-refractivity contribution in [1.82, 2.24) is 0 Å². The van der Waals surface area contributed by atoms with E-state index in [4.69, 9.17) is 16.3 Å². The summed E-state index contributed by atoms with van der Waals surface area (Å²) in [5.74, 6) is 0.495. The first-order chi connectivity index (χ1) is 12.2. The van der Waals surface area contributed by atoms with Gasteiger partial charge in [0.1, 0.15) is 5.75 Å². The van der Waals surface area contributed by atoms with Crippen molar-refractivity contribution in [1.29, 1.82) is 0 Å². The van der Waals surface area contributed by atoms with Gasteiger partial charge in [0, 0.05) is 22.8 Å². The Labute approximate surface area is 156 Å².